The first kappa shape index (κ1) is 19.4. The molecule has 0 radical (unpaired) electrons. The molecule has 0 aliphatic carbocycles. The molecule has 0 bridgehead atoms. The van der Waals surface area contributed by atoms with Crippen molar-refractivity contribution < 1.29 is 4.79 Å². The highest BCUT2D eigenvalue weighted by Crippen LogP contribution is 2.16. The molecule has 0 saturated carbocycles. The monoisotopic (exact) mass is 388 g/mol. The number of carbonyl (C=O) groups is 1. The molecule has 0 atom stereocenters. The molecule has 1 aromatic heterocycles. The van der Waals surface area contributed by atoms with E-state index < -0.39 is 0 Å². The van der Waals surface area contributed by atoms with Crippen LogP contribution in [0.2, 0.25) is 0 Å². The third-order valence-corrected chi connectivity index (χ3v) is 5.62. The number of hydrogen-bond acceptors (Lipinski definition) is 3. The molecule has 2 aromatic carbocycles. The van der Waals surface area contributed by atoms with Gasteiger partial charge in [-0.25, -0.2) is 4.68 Å². The summed E-state index contributed by atoms with van der Waals surface area (Å²) in [5.74, 6) is 0.117. The maximum absolute atomic E-state index is 13.0. The molecule has 3 aromatic rings. The van der Waals surface area contributed by atoms with Gasteiger partial charge in [-0.2, -0.15) is 5.10 Å². The van der Waals surface area contributed by atoms with E-state index in [9.17, 15) is 4.79 Å². The minimum Gasteiger partial charge on any atom is -0.337 e. The third kappa shape index (κ3) is 4.57. The lowest BCUT2D eigenvalue weighted by molar-refractivity contribution is 0.0761. The maximum atomic E-state index is 13.0. The second kappa shape index (κ2) is 8.62. The average molecular weight is 389 g/mol. The van der Waals surface area contributed by atoms with E-state index >= 15 is 0 Å². The highest BCUT2D eigenvalue weighted by Gasteiger charge is 2.20. The molecular formula is C24H28N4O. The standard InChI is InChI=1S/C24H28N4O/c1-19-16-25-28(17-19)23-10-8-21(9-11-23)24(29)27-13-5-12-26(14-15-27)18-22-7-4-3-6-20(22)2/h3-4,6-11,16-17H,5,12-15,18H2,1-2H3. The van der Waals surface area contributed by atoms with Crippen LogP contribution in [-0.4, -0.2) is 51.7 Å². The molecule has 0 N–H and O–H groups in total. The highest BCUT2D eigenvalue weighted by atomic mass is 16.2. The van der Waals surface area contributed by atoms with Gasteiger partial charge < -0.3 is 4.90 Å². The molecular weight excluding hydrogens is 360 g/mol. The lowest BCUT2D eigenvalue weighted by Gasteiger charge is -2.22. The lowest BCUT2D eigenvalue weighted by Crippen LogP contribution is -2.35. The van der Waals surface area contributed by atoms with Crippen LogP contribution in [0.15, 0.2) is 60.9 Å². The zero-order valence-electron chi connectivity index (χ0n) is 17.2. The van der Waals surface area contributed by atoms with E-state index in [1.165, 1.54) is 11.1 Å². The Balaban J connectivity index is 1.38. The van der Waals surface area contributed by atoms with Crippen molar-refractivity contribution in [1.29, 1.82) is 0 Å². The normalized spacial score (nSPS) is 15.3. The van der Waals surface area contributed by atoms with Crippen LogP contribution in [0.5, 0.6) is 0 Å². The smallest absolute Gasteiger partial charge is 0.253 e. The Hall–Kier alpha value is -2.92. The van der Waals surface area contributed by atoms with Gasteiger partial charge in [0.25, 0.3) is 5.91 Å². The Kier molecular flexibility index (Phi) is 5.76. The Bertz CT molecular complexity index is 977. The van der Waals surface area contributed by atoms with Crippen LogP contribution in [0, 0.1) is 13.8 Å². The van der Waals surface area contributed by atoms with Crippen molar-refractivity contribution in [2.24, 2.45) is 0 Å². The predicted molar refractivity (Wildman–Crippen MR) is 115 cm³/mol. The zero-order chi connectivity index (χ0) is 20.2. The van der Waals surface area contributed by atoms with Crippen LogP contribution in [0.3, 0.4) is 0 Å². The van der Waals surface area contributed by atoms with Gasteiger partial charge in [0.15, 0.2) is 0 Å². The van der Waals surface area contributed by atoms with Crippen LogP contribution >= 0.6 is 0 Å². The van der Waals surface area contributed by atoms with Gasteiger partial charge in [-0.1, -0.05) is 24.3 Å². The fraction of sp³-hybridized carbons (Fsp3) is 0.333. The molecule has 1 fully saturated rings. The Morgan fingerprint density at radius 2 is 1.76 bits per heavy atom. The van der Waals surface area contributed by atoms with E-state index in [4.69, 9.17) is 0 Å². The molecule has 5 heteroatoms. The molecule has 5 nitrogen and oxygen atoms in total. The second-order valence-corrected chi connectivity index (χ2v) is 7.86. The lowest BCUT2D eigenvalue weighted by atomic mass is 10.1. The number of amides is 1. The molecule has 2 heterocycles. The SMILES string of the molecule is Cc1cnn(-c2ccc(C(=O)N3CCCN(Cc4ccccc4C)CC3)cc2)c1. The summed E-state index contributed by atoms with van der Waals surface area (Å²) in [6.45, 7) is 8.64. The van der Waals surface area contributed by atoms with Gasteiger partial charge in [-0.15, -0.1) is 0 Å². The Morgan fingerprint density at radius 3 is 2.48 bits per heavy atom. The summed E-state index contributed by atoms with van der Waals surface area (Å²) in [6, 6.07) is 16.3. The van der Waals surface area contributed by atoms with Gasteiger partial charge in [-0.05, 0) is 61.2 Å². The molecule has 0 spiro atoms. The van der Waals surface area contributed by atoms with Crippen molar-refractivity contribution in [2.75, 3.05) is 26.2 Å². The molecule has 4 rings (SSSR count). The molecule has 1 aliphatic rings. The summed E-state index contributed by atoms with van der Waals surface area (Å²) in [6.07, 6.45) is 4.82. The second-order valence-electron chi connectivity index (χ2n) is 7.86. The quantitative estimate of drug-likeness (QED) is 0.682. The fourth-order valence-electron chi connectivity index (χ4n) is 3.85. The summed E-state index contributed by atoms with van der Waals surface area (Å²) in [5, 5.41) is 4.33. The first-order valence-electron chi connectivity index (χ1n) is 10.3. The average Bonchev–Trinajstić information content (AvgIpc) is 3.04. The van der Waals surface area contributed by atoms with Crippen molar-refractivity contribution in [3.8, 4) is 5.69 Å². The van der Waals surface area contributed by atoms with Gasteiger partial charge in [0.05, 0.1) is 11.9 Å². The Morgan fingerprint density at radius 1 is 0.966 bits per heavy atom. The van der Waals surface area contributed by atoms with E-state index in [-0.39, 0.29) is 5.91 Å². The summed E-state index contributed by atoms with van der Waals surface area (Å²) < 4.78 is 1.83. The fourth-order valence-corrected chi connectivity index (χ4v) is 3.85. The van der Waals surface area contributed by atoms with Gasteiger partial charge in [0.1, 0.15) is 0 Å². The molecule has 1 saturated heterocycles. The Labute approximate surface area is 172 Å². The molecule has 150 valence electrons. The topological polar surface area (TPSA) is 41.4 Å². The molecule has 1 aliphatic heterocycles. The number of aromatic nitrogens is 2. The first-order valence-corrected chi connectivity index (χ1v) is 10.3. The van der Waals surface area contributed by atoms with Crippen LogP contribution in [-0.2, 0) is 6.54 Å². The molecule has 0 unspecified atom stereocenters. The van der Waals surface area contributed by atoms with Crippen molar-refractivity contribution >= 4 is 5.91 Å². The number of nitrogens with zero attached hydrogens (tertiary/aromatic N) is 4. The van der Waals surface area contributed by atoms with Crippen molar-refractivity contribution in [3.05, 3.63) is 83.2 Å². The number of benzene rings is 2. The summed E-state index contributed by atoms with van der Waals surface area (Å²) in [7, 11) is 0. The van der Waals surface area contributed by atoms with E-state index in [0.29, 0.717) is 0 Å². The number of aryl methyl sites for hydroxylation is 2. The molecule has 1 amide bonds. The van der Waals surface area contributed by atoms with E-state index in [0.717, 1.165) is 56.0 Å². The maximum Gasteiger partial charge on any atom is 0.253 e. The summed E-state index contributed by atoms with van der Waals surface area (Å²) >= 11 is 0. The van der Waals surface area contributed by atoms with Crippen LogP contribution in [0.1, 0.15) is 33.5 Å². The van der Waals surface area contributed by atoms with E-state index in [1.807, 2.05) is 53.2 Å². The van der Waals surface area contributed by atoms with Crippen molar-refractivity contribution in [1.82, 2.24) is 19.6 Å². The van der Waals surface area contributed by atoms with Gasteiger partial charge >= 0.3 is 0 Å². The van der Waals surface area contributed by atoms with Crippen LogP contribution < -0.4 is 0 Å². The van der Waals surface area contributed by atoms with Gasteiger partial charge in [0.2, 0.25) is 0 Å². The van der Waals surface area contributed by atoms with Crippen molar-refractivity contribution in [3.63, 3.8) is 0 Å². The first-order chi connectivity index (χ1) is 14.1. The van der Waals surface area contributed by atoms with Crippen molar-refractivity contribution in [2.45, 2.75) is 26.8 Å². The zero-order valence-corrected chi connectivity index (χ0v) is 17.2. The van der Waals surface area contributed by atoms with Crippen LogP contribution in [0.25, 0.3) is 5.69 Å². The minimum absolute atomic E-state index is 0.117. The summed E-state index contributed by atoms with van der Waals surface area (Å²) in [4.78, 5) is 17.5. The minimum atomic E-state index is 0.117. The van der Waals surface area contributed by atoms with Crippen LogP contribution in [0.4, 0.5) is 0 Å². The highest BCUT2D eigenvalue weighted by molar-refractivity contribution is 5.94. The predicted octanol–water partition coefficient (Wildman–Crippen LogP) is 3.84. The van der Waals surface area contributed by atoms with E-state index in [2.05, 4.69) is 41.2 Å². The van der Waals surface area contributed by atoms with E-state index in [1.54, 1.807) is 0 Å². The molecule has 29 heavy (non-hydrogen) atoms. The van der Waals surface area contributed by atoms with Gasteiger partial charge in [-0.3, -0.25) is 9.69 Å². The number of hydrogen-bond donors (Lipinski definition) is 0. The number of rotatable bonds is 4. The largest absolute Gasteiger partial charge is 0.337 e. The third-order valence-electron chi connectivity index (χ3n) is 5.62. The summed E-state index contributed by atoms with van der Waals surface area (Å²) in [5.41, 5.74) is 5.53. The van der Waals surface area contributed by atoms with Gasteiger partial charge in [0, 0.05) is 44.5 Å². The number of carbonyl (C=O) groups excluding carboxylic acids is 1.